The van der Waals surface area contributed by atoms with Gasteiger partial charge in [-0.15, -0.1) is 48.6 Å². The van der Waals surface area contributed by atoms with Crippen LogP contribution in [0.15, 0.2) is 54.7 Å². The number of carbonyl (C=O) groups is 1. The quantitative estimate of drug-likeness (QED) is 0.161. The minimum atomic E-state index is -4.34. The van der Waals surface area contributed by atoms with E-state index in [4.69, 9.17) is 4.74 Å². The molecule has 1 aliphatic carbocycles. The van der Waals surface area contributed by atoms with E-state index in [0.29, 0.717) is 18.8 Å². The topological polar surface area (TPSA) is 45.7 Å². The molecule has 0 N–H and O–H groups in total. The lowest BCUT2D eigenvalue weighted by atomic mass is 9.87. The minimum Gasteiger partial charge on any atom is -0.461 e. The van der Waals surface area contributed by atoms with Crippen molar-refractivity contribution in [2.75, 3.05) is 33.2 Å². The van der Waals surface area contributed by atoms with Crippen molar-refractivity contribution in [2.45, 2.75) is 82.5 Å². The third kappa shape index (κ3) is 11.3. The first-order valence-electron chi connectivity index (χ1n) is 15.7. The van der Waals surface area contributed by atoms with Crippen molar-refractivity contribution >= 4 is 54.5 Å². The van der Waals surface area contributed by atoms with Crippen LogP contribution in [0, 0.1) is 11.7 Å². The van der Waals surface area contributed by atoms with Gasteiger partial charge in [-0.2, -0.15) is 13.2 Å². The van der Waals surface area contributed by atoms with Gasteiger partial charge in [0.2, 0.25) is 0 Å². The Labute approximate surface area is 304 Å². The van der Waals surface area contributed by atoms with Crippen LogP contribution < -0.4 is 0 Å². The Balaban J connectivity index is 0.00000267. The Kier molecular flexibility index (Phi) is 15.7. The van der Waals surface area contributed by atoms with Gasteiger partial charge in [-0.05, 0) is 120 Å². The number of likely N-dealkylation sites (tertiary alicyclic amines) is 1. The molecule has 2 fully saturated rings. The van der Waals surface area contributed by atoms with Crippen LogP contribution in [-0.4, -0.2) is 65.6 Å². The van der Waals surface area contributed by atoms with Crippen molar-refractivity contribution in [3.63, 3.8) is 0 Å². The molecule has 5 rings (SSSR count). The van der Waals surface area contributed by atoms with Gasteiger partial charge in [-0.25, -0.2) is 9.37 Å². The number of aromatic nitrogens is 1. The van der Waals surface area contributed by atoms with E-state index in [9.17, 15) is 22.4 Å². The molecule has 2 heterocycles. The van der Waals surface area contributed by atoms with Crippen molar-refractivity contribution in [3.05, 3.63) is 87.1 Å². The van der Waals surface area contributed by atoms with Crippen molar-refractivity contribution in [2.24, 2.45) is 5.92 Å². The molecule has 1 aromatic heterocycles. The second kappa shape index (κ2) is 17.8. The molecule has 13 heteroatoms. The minimum absolute atomic E-state index is 0. The van der Waals surface area contributed by atoms with Crippen molar-refractivity contribution < 1.29 is 27.1 Å². The summed E-state index contributed by atoms with van der Waals surface area (Å²) in [6.07, 6.45) is 1.36. The predicted molar refractivity (Wildman–Crippen MR) is 191 cm³/mol. The summed E-state index contributed by atoms with van der Waals surface area (Å²) in [6.45, 7) is 9.15. The highest BCUT2D eigenvalue weighted by Crippen LogP contribution is 2.43. The highest BCUT2D eigenvalue weighted by atomic mass is 35.5. The highest BCUT2D eigenvalue weighted by molar-refractivity contribution is 7.11. The number of nitrogens with zero attached hydrogens (tertiary/aromatic N) is 3. The molecule has 2 aromatic carbocycles. The van der Waals surface area contributed by atoms with Crippen LogP contribution in [0.25, 0.3) is 0 Å². The zero-order valence-electron chi connectivity index (χ0n) is 27.7. The van der Waals surface area contributed by atoms with Crippen LogP contribution in [0.4, 0.5) is 17.6 Å². The zero-order chi connectivity index (χ0) is 32.4. The number of halogens is 7. The number of alkyl halides is 3. The maximum Gasteiger partial charge on any atom is 0.416 e. The number of likely N-dealkylation sites (N-methyl/N-ethyl adjacent to an activating group) is 1. The fourth-order valence-electron chi connectivity index (χ4n) is 6.48. The Morgan fingerprint density at radius 1 is 1.02 bits per heavy atom. The molecule has 3 atom stereocenters. The zero-order valence-corrected chi connectivity index (χ0v) is 30.9. The standard InChI is InChI=1S/C35H43F4N3O2S.3ClH/c1-34(2,3)41(4)22-33(43)44-29-18-26(30(19-29)25-6-5-7-28(36)17-25)21-42-14-12-24(13-15-42)31-20-40-32(45-31)16-23-8-10-27(11-9-23)35(37,38)39;;;/h5-11,17,20,24,26,29-30H,12-16,18-19,21-22H2,1-4H3;3*1H/t26-,29+,30-;;;/m1.../s1. The van der Waals surface area contributed by atoms with Crippen LogP contribution in [-0.2, 0) is 22.1 Å². The fourth-order valence-corrected chi connectivity index (χ4v) is 7.61. The summed E-state index contributed by atoms with van der Waals surface area (Å²) >= 11 is 1.65. The Bertz CT molecular complexity index is 1440. The molecule has 0 bridgehead atoms. The smallest absolute Gasteiger partial charge is 0.416 e. The van der Waals surface area contributed by atoms with Crippen LogP contribution >= 0.6 is 48.6 Å². The number of carbonyl (C=O) groups excluding carboxylic acids is 1. The molecule has 0 unspecified atom stereocenters. The van der Waals surface area contributed by atoms with E-state index >= 15 is 0 Å². The van der Waals surface area contributed by atoms with E-state index in [1.165, 1.54) is 23.1 Å². The monoisotopic (exact) mass is 753 g/mol. The largest absolute Gasteiger partial charge is 0.461 e. The molecule has 48 heavy (non-hydrogen) atoms. The number of benzene rings is 2. The van der Waals surface area contributed by atoms with E-state index in [2.05, 4.69) is 30.7 Å². The summed E-state index contributed by atoms with van der Waals surface area (Å²) in [5, 5.41) is 0.908. The summed E-state index contributed by atoms with van der Waals surface area (Å²) in [6, 6.07) is 12.1. The molecule has 268 valence electrons. The molecular weight excluding hydrogens is 709 g/mol. The van der Waals surface area contributed by atoms with Crippen LogP contribution in [0.2, 0.25) is 0 Å². The fraction of sp³-hybridized carbons (Fsp3) is 0.543. The maximum absolute atomic E-state index is 14.2. The molecule has 0 radical (unpaired) electrons. The maximum atomic E-state index is 14.2. The molecule has 1 aliphatic heterocycles. The average molecular weight is 755 g/mol. The first-order chi connectivity index (χ1) is 21.2. The van der Waals surface area contributed by atoms with E-state index in [1.54, 1.807) is 23.5 Å². The van der Waals surface area contributed by atoms with Gasteiger partial charge in [0.05, 0.1) is 17.1 Å². The second-order valence-corrected chi connectivity index (χ2v) is 14.8. The lowest BCUT2D eigenvalue weighted by molar-refractivity contribution is -0.151. The summed E-state index contributed by atoms with van der Waals surface area (Å²) in [4.78, 5) is 23.1. The Morgan fingerprint density at radius 2 is 1.69 bits per heavy atom. The van der Waals surface area contributed by atoms with Crippen molar-refractivity contribution in [3.8, 4) is 0 Å². The van der Waals surface area contributed by atoms with E-state index in [1.807, 2.05) is 24.2 Å². The number of rotatable bonds is 9. The summed E-state index contributed by atoms with van der Waals surface area (Å²) < 4.78 is 58.9. The molecule has 1 saturated carbocycles. The van der Waals surface area contributed by atoms with Crippen LogP contribution in [0.3, 0.4) is 0 Å². The predicted octanol–water partition coefficient (Wildman–Crippen LogP) is 9.17. The van der Waals surface area contributed by atoms with E-state index < -0.39 is 11.7 Å². The van der Waals surface area contributed by atoms with Gasteiger partial charge in [-0.3, -0.25) is 9.69 Å². The molecule has 5 nitrogen and oxygen atoms in total. The lowest BCUT2D eigenvalue weighted by Gasteiger charge is -2.34. The normalized spacial score (nSPS) is 20.5. The number of piperidine rings is 1. The molecule has 0 spiro atoms. The van der Waals surface area contributed by atoms with Gasteiger partial charge >= 0.3 is 12.1 Å². The van der Waals surface area contributed by atoms with Crippen LogP contribution in [0.1, 0.15) is 84.9 Å². The summed E-state index contributed by atoms with van der Waals surface area (Å²) in [5.74, 6) is 0.294. The molecule has 0 amide bonds. The third-order valence-electron chi connectivity index (χ3n) is 9.43. The Morgan fingerprint density at radius 3 is 2.29 bits per heavy atom. The molecular formula is C35H46Cl3F4N3O2S. The van der Waals surface area contributed by atoms with Gasteiger partial charge < -0.3 is 9.64 Å². The number of thiazole rings is 1. The summed E-state index contributed by atoms with van der Waals surface area (Å²) in [7, 11) is 1.92. The van der Waals surface area contributed by atoms with Crippen molar-refractivity contribution in [1.82, 2.24) is 14.8 Å². The number of ether oxygens (including phenoxy) is 1. The first-order valence-corrected chi connectivity index (χ1v) is 16.6. The molecule has 3 aromatic rings. The van der Waals surface area contributed by atoms with Gasteiger partial charge in [0.15, 0.2) is 0 Å². The number of hydrogen-bond donors (Lipinski definition) is 0. The average Bonchev–Trinajstić information content (AvgIpc) is 3.59. The Hall–Kier alpha value is -1.95. The van der Waals surface area contributed by atoms with Gasteiger partial charge in [0, 0.05) is 29.6 Å². The summed E-state index contributed by atoms with van der Waals surface area (Å²) in [5.41, 5.74) is 0.997. The third-order valence-corrected chi connectivity index (χ3v) is 10.6. The lowest BCUT2D eigenvalue weighted by Crippen LogP contribution is -2.42. The highest BCUT2D eigenvalue weighted by Gasteiger charge is 2.39. The van der Waals surface area contributed by atoms with Gasteiger partial charge in [0.25, 0.3) is 0 Å². The van der Waals surface area contributed by atoms with E-state index in [0.717, 1.165) is 67.2 Å². The van der Waals surface area contributed by atoms with Gasteiger partial charge in [-0.1, -0.05) is 24.3 Å². The SMILES string of the molecule is CN(CC(=O)O[C@H]1C[C@H](CN2CCC(c3cnc(Cc4ccc(C(F)(F)F)cc4)s3)CC2)[C@@H](c2cccc(F)c2)C1)C(C)(C)C.Cl.Cl.Cl. The first kappa shape index (κ1) is 42.2. The number of esters is 1. The van der Waals surface area contributed by atoms with Crippen LogP contribution in [0.5, 0.6) is 0 Å². The molecule has 1 saturated heterocycles. The van der Waals surface area contributed by atoms with Crippen molar-refractivity contribution in [1.29, 1.82) is 0 Å². The molecule has 2 aliphatic rings. The number of hydrogen-bond acceptors (Lipinski definition) is 6. The second-order valence-electron chi connectivity index (χ2n) is 13.6. The van der Waals surface area contributed by atoms with E-state index in [-0.39, 0.29) is 79.0 Å². The van der Waals surface area contributed by atoms with Gasteiger partial charge in [0.1, 0.15) is 11.9 Å².